The van der Waals surface area contributed by atoms with Crippen LogP contribution in [0.1, 0.15) is 12.8 Å². The van der Waals surface area contributed by atoms with Crippen LogP contribution < -0.4 is 10.6 Å². The molecule has 0 aromatic carbocycles. The monoisotopic (exact) mass is 199 g/mol. The summed E-state index contributed by atoms with van der Waals surface area (Å²) >= 11 is 0. The van der Waals surface area contributed by atoms with Crippen LogP contribution in [0.25, 0.3) is 0 Å². The van der Waals surface area contributed by atoms with E-state index in [1.54, 1.807) is 0 Å². The molecular weight excluding hydrogens is 178 g/mol. The number of hydrogen-bond donors (Lipinski definition) is 2. The van der Waals surface area contributed by atoms with Crippen LogP contribution in [-0.2, 0) is 4.74 Å². The molecule has 2 saturated heterocycles. The van der Waals surface area contributed by atoms with Gasteiger partial charge in [-0.25, -0.2) is 0 Å². The van der Waals surface area contributed by atoms with Crippen LogP contribution in [0, 0.1) is 0 Å². The van der Waals surface area contributed by atoms with Gasteiger partial charge in [-0.2, -0.15) is 0 Å². The topological polar surface area (TPSA) is 36.5 Å². The van der Waals surface area contributed by atoms with Crippen LogP contribution in [0.5, 0.6) is 0 Å². The fourth-order valence-corrected chi connectivity index (χ4v) is 2.01. The van der Waals surface area contributed by atoms with Gasteiger partial charge < -0.3 is 15.4 Å². The molecule has 0 atom stereocenters. The molecule has 2 fully saturated rings. The third-order valence-electron chi connectivity index (χ3n) is 2.99. The molecule has 4 nitrogen and oxygen atoms in total. The van der Waals surface area contributed by atoms with E-state index in [9.17, 15) is 0 Å². The van der Waals surface area contributed by atoms with Crippen LogP contribution in [0.15, 0.2) is 0 Å². The van der Waals surface area contributed by atoms with E-state index in [1.807, 2.05) is 0 Å². The van der Waals surface area contributed by atoms with Gasteiger partial charge in [0.2, 0.25) is 0 Å². The van der Waals surface area contributed by atoms with Gasteiger partial charge in [0.1, 0.15) is 0 Å². The lowest BCUT2D eigenvalue weighted by atomic mass is 10.1. The molecule has 0 bridgehead atoms. The Morgan fingerprint density at radius 2 is 1.64 bits per heavy atom. The first-order chi connectivity index (χ1) is 6.95. The Bertz CT molecular complexity index is 135. The lowest BCUT2D eigenvalue weighted by Gasteiger charge is -2.30. The predicted octanol–water partition coefficient (Wildman–Crippen LogP) is -0.382. The van der Waals surface area contributed by atoms with Gasteiger partial charge in [0.15, 0.2) is 0 Å². The van der Waals surface area contributed by atoms with Crippen LogP contribution in [0.4, 0.5) is 0 Å². The van der Waals surface area contributed by atoms with Gasteiger partial charge in [0.05, 0.1) is 12.8 Å². The number of piperazine rings is 1. The number of piperidine rings is 1. The molecule has 0 aromatic rings. The van der Waals surface area contributed by atoms with Gasteiger partial charge in [-0.15, -0.1) is 0 Å². The van der Waals surface area contributed by atoms with E-state index >= 15 is 0 Å². The second-order valence-corrected chi connectivity index (χ2v) is 4.11. The zero-order valence-corrected chi connectivity index (χ0v) is 8.80. The molecule has 14 heavy (non-hydrogen) atoms. The molecule has 2 aliphatic rings. The molecule has 0 aromatic heterocycles. The number of hydrogen-bond acceptors (Lipinski definition) is 4. The Hall–Kier alpha value is -0.160. The van der Waals surface area contributed by atoms with E-state index in [2.05, 4.69) is 15.5 Å². The van der Waals surface area contributed by atoms with Gasteiger partial charge in [-0.1, -0.05) is 0 Å². The average Bonchev–Trinajstić information content (AvgIpc) is 2.29. The first-order valence-corrected chi connectivity index (χ1v) is 5.70. The van der Waals surface area contributed by atoms with Crippen molar-refractivity contribution in [3.63, 3.8) is 0 Å². The van der Waals surface area contributed by atoms with E-state index in [0.29, 0.717) is 6.10 Å². The summed E-state index contributed by atoms with van der Waals surface area (Å²) in [5.74, 6) is 0. The standard InChI is InChI=1S/C10H21N3O/c1-3-11-4-2-10(1)14-9-13-7-5-12-6-8-13/h10-12H,1-9H2. The molecular formula is C10H21N3O. The van der Waals surface area contributed by atoms with Crippen molar-refractivity contribution in [2.45, 2.75) is 18.9 Å². The SMILES string of the molecule is C1CC(OCN2CCNCC2)CCN1. The van der Waals surface area contributed by atoms with E-state index in [0.717, 1.165) is 46.0 Å². The largest absolute Gasteiger partial charge is 0.363 e. The Balaban J connectivity index is 1.60. The normalized spacial score (nSPS) is 26.6. The summed E-state index contributed by atoms with van der Waals surface area (Å²) in [4.78, 5) is 2.39. The first kappa shape index (κ1) is 10.4. The third-order valence-corrected chi connectivity index (χ3v) is 2.99. The summed E-state index contributed by atoms with van der Waals surface area (Å²) in [6.45, 7) is 7.53. The zero-order chi connectivity index (χ0) is 9.64. The van der Waals surface area contributed by atoms with Gasteiger partial charge >= 0.3 is 0 Å². The second-order valence-electron chi connectivity index (χ2n) is 4.11. The maximum Gasteiger partial charge on any atom is 0.0994 e. The van der Waals surface area contributed by atoms with Crippen molar-refractivity contribution in [1.82, 2.24) is 15.5 Å². The van der Waals surface area contributed by atoms with E-state index in [-0.39, 0.29) is 0 Å². The highest BCUT2D eigenvalue weighted by Gasteiger charge is 2.15. The third kappa shape index (κ3) is 3.20. The molecule has 0 aliphatic carbocycles. The van der Waals surface area contributed by atoms with Crippen molar-refractivity contribution in [3.05, 3.63) is 0 Å². The average molecular weight is 199 g/mol. The van der Waals surface area contributed by atoms with Crippen molar-refractivity contribution in [2.24, 2.45) is 0 Å². The first-order valence-electron chi connectivity index (χ1n) is 5.70. The second kappa shape index (κ2) is 5.66. The summed E-state index contributed by atoms with van der Waals surface area (Å²) in [5.41, 5.74) is 0. The van der Waals surface area contributed by atoms with Crippen molar-refractivity contribution < 1.29 is 4.74 Å². The highest BCUT2D eigenvalue weighted by molar-refractivity contribution is 4.69. The molecule has 4 heteroatoms. The lowest BCUT2D eigenvalue weighted by molar-refractivity contribution is -0.0375. The van der Waals surface area contributed by atoms with E-state index < -0.39 is 0 Å². The van der Waals surface area contributed by atoms with E-state index in [4.69, 9.17) is 4.74 Å². The van der Waals surface area contributed by atoms with Crippen LogP contribution in [0.2, 0.25) is 0 Å². The maximum atomic E-state index is 5.88. The summed E-state index contributed by atoms with van der Waals surface area (Å²) < 4.78 is 5.88. The molecule has 0 saturated carbocycles. The Labute approximate surface area is 86.0 Å². The van der Waals surface area contributed by atoms with Crippen molar-refractivity contribution in [3.8, 4) is 0 Å². The minimum absolute atomic E-state index is 0.492. The molecule has 82 valence electrons. The van der Waals surface area contributed by atoms with Crippen LogP contribution >= 0.6 is 0 Å². The maximum absolute atomic E-state index is 5.88. The summed E-state index contributed by atoms with van der Waals surface area (Å²) in [5, 5.41) is 6.69. The van der Waals surface area contributed by atoms with Crippen LogP contribution in [0.3, 0.4) is 0 Å². The number of nitrogens with zero attached hydrogens (tertiary/aromatic N) is 1. The smallest absolute Gasteiger partial charge is 0.0994 e. The zero-order valence-electron chi connectivity index (χ0n) is 8.80. The van der Waals surface area contributed by atoms with Gasteiger partial charge in [-0.3, -0.25) is 4.90 Å². The highest BCUT2D eigenvalue weighted by atomic mass is 16.5. The molecule has 0 unspecified atom stereocenters. The van der Waals surface area contributed by atoms with Crippen molar-refractivity contribution in [2.75, 3.05) is 46.0 Å². The minimum atomic E-state index is 0.492. The minimum Gasteiger partial charge on any atom is -0.363 e. The Morgan fingerprint density at radius 3 is 2.36 bits per heavy atom. The molecule has 2 N–H and O–H groups in total. The van der Waals surface area contributed by atoms with Crippen molar-refractivity contribution in [1.29, 1.82) is 0 Å². The van der Waals surface area contributed by atoms with E-state index in [1.165, 1.54) is 12.8 Å². The molecule has 0 spiro atoms. The Kier molecular flexibility index (Phi) is 4.19. The van der Waals surface area contributed by atoms with Gasteiger partial charge in [-0.05, 0) is 25.9 Å². The summed E-state index contributed by atoms with van der Waals surface area (Å²) in [7, 11) is 0. The number of nitrogens with one attached hydrogen (secondary N) is 2. The van der Waals surface area contributed by atoms with Gasteiger partial charge in [0.25, 0.3) is 0 Å². The predicted molar refractivity (Wildman–Crippen MR) is 56.3 cm³/mol. The molecule has 2 heterocycles. The Morgan fingerprint density at radius 1 is 1.00 bits per heavy atom. The molecule has 2 aliphatic heterocycles. The van der Waals surface area contributed by atoms with Gasteiger partial charge in [0, 0.05) is 26.2 Å². The fourth-order valence-electron chi connectivity index (χ4n) is 2.01. The summed E-state index contributed by atoms with van der Waals surface area (Å²) in [6.07, 6.45) is 2.84. The lowest BCUT2D eigenvalue weighted by Crippen LogP contribution is -2.45. The number of rotatable bonds is 3. The highest BCUT2D eigenvalue weighted by Crippen LogP contribution is 2.07. The number of ether oxygens (including phenoxy) is 1. The summed E-state index contributed by atoms with van der Waals surface area (Å²) in [6, 6.07) is 0. The molecule has 0 amide bonds. The fraction of sp³-hybridized carbons (Fsp3) is 1.00. The molecule has 2 rings (SSSR count). The van der Waals surface area contributed by atoms with Crippen LogP contribution in [-0.4, -0.2) is 57.0 Å². The quantitative estimate of drug-likeness (QED) is 0.649. The molecule has 0 radical (unpaired) electrons. The van der Waals surface area contributed by atoms with Crippen molar-refractivity contribution >= 4 is 0 Å².